The number of halogens is 1. The lowest BCUT2D eigenvalue weighted by Crippen LogP contribution is -2.52. The largest absolute Gasteiger partial charge is 0.301 e. The molecule has 1 aliphatic heterocycles. The predicted octanol–water partition coefficient (Wildman–Crippen LogP) is 1.56. The van der Waals surface area contributed by atoms with Gasteiger partial charge in [-0.1, -0.05) is 6.92 Å². The van der Waals surface area contributed by atoms with Crippen LogP contribution in [-0.4, -0.2) is 55.3 Å². The Labute approximate surface area is 122 Å². The Balaban J connectivity index is 2.25. The van der Waals surface area contributed by atoms with Crippen LogP contribution >= 0.6 is 15.9 Å². The number of nitrogens with zero attached hydrogens (tertiary/aromatic N) is 3. The summed E-state index contributed by atoms with van der Waals surface area (Å²) in [6.45, 7) is 3.92. The molecule has 0 bridgehead atoms. The molecule has 1 atom stereocenters. The maximum Gasteiger partial charge on any atom is 0.244 e. The first kappa shape index (κ1) is 14.9. The van der Waals surface area contributed by atoms with Crippen LogP contribution in [0.25, 0.3) is 0 Å². The standard InChI is InChI=1S/C12H18BrN3O2S/c1-3-11-9-16(5-4-15(11)2)19(17,18)12-6-10(13)7-14-8-12/h6-8,11H,3-5,9H2,1-2H3. The van der Waals surface area contributed by atoms with E-state index in [2.05, 4.69) is 32.7 Å². The molecule has 0 radical (unpaired) electrons. The fraction of sp³-hybridized carbons (Fsp3) is 0.583. The summed E-state index contributed by atoms with van der Waals surface area (Å²) in [5.41, 5.74) is 0. The molecule has 1 aromatic rings. The molecule has 0 aliphatic carbocycles. The number of aromatic nitrogens is 1. The lowest BCUT2D eigenvalue weighted by Gasteiger charge is -2.38. The van der Waals surface area contributed by atoms with E-state index in [-0.39, 0.29) is 10.9 Å². The molecule has 0 amide bonds. The zero-order valence-electron chi connectivity index (χ0n) is 11.1. The van der Waals surface area contributed by atoms with Crippen molar-refractivity contribution in [1.29, 1.82) is 0 Å². The zero-order valence-corrected chi connectivity index (χ0v) is 13.5. The first-order valence-electron chi connectivity index (χ1n) is 6.26. The smallest absolute Gasteiger partial charge is 0.244 e. The molecular formula is C12H18BrN3O2S. The lowest BCUT2D eigenvalue weighted by molar-refractivity contribution is 0.144. The van der Waals surface area contributed by atoms with Crippen molar-refractivity contribution in [3.63, 3.8) is 0 Å². The highest BCUT2D eigenvalue weighted by Crippen LogP contribution is 2.22. The second kappa shape index (κ2) is 5.87. The van der Waals surface area contributed by atoms with Gasteiger partial charge in [0.05, 0.1) is 0 Å². The summed E-state index contributed by atoms with van der Waals surface area (Å²) in [5, 5.41) is 0. The average Bonchev–Trinajstić information content (AvgIpc) is 2.39. The fourth-order valence-electron chi connectivity index (χ4n) is 2.26. The van der Waals surface area contributed by atoms with Crippen molar-refractivity contribution < 1.29 is 8.42 Å². The van der Waals surface area contributed by atoms with Crippen molar-refractivity contribution in [2.45, 2.75) is 24.3 Å². The topological polar surface area (TPSA) is 53.5 Å². The van der Waals surface area contributed by atoms with Crippen LogP contribution in [0.3, 0.4) is 0 Å². The third-order valence-corrected chi connectivity index (χ3v) is 5.79. The van der Waals surface area contributed by atoms with Gasteiger partial charge in [-0.15, -0.1) is 0 Å². The van der Waals surface area contributed by atoms with Crippen LogP contribution in [0, 0.1) is 0 Å². The molecule has 1 saturated heterocycles. The summed E-state index contributed by atoms with van der Waals surface area (Å²) < 4.78 is 27.3. The van der Waals surface area contributed by atoms with Gasteiger partial charge < -0.3 is 4.90 Å². The minimum Gasteiger partial charge on any atom is -0.301 e. The summed E-state index contributed by atoms with van der Waals surface area (Å²) in [7, 11) is -1.40. The molecule has 1 aromatic heterocycles. The second-order valence-corrected chi connectivity index (χ2v) is 7.60. The summed E-state index contributed by atoms with van der Waals surface area (Å²) in [4.78, 5) is 6.40. The molecule has 0 saturated carbocycles. The predicted molar refractivity (Wildman–Crippen MR) is 77.4 cm³/mol. The Morgan fingerprint density at radius 2 is 2.16 bits per heavy atom. The van der Waals surface area contributed by atoms with Gasteiger partial charge >= 0.3 is 0 Å². The van der Waals surface area contributed by atoms with Gasteiger partial charge in [0, 0.05) is 42.5 Å². The third-order valence-electron chi connectivity index (χ3n) is 3.53. The van der Waals surface area contributed by atoms with Crippen LogP contribution in [0.5, 0.6) is 0 Å². The molecule has 0 N–H and O–H groups in total. The SMILES string of the molecule is CCC1CN(S(=O)(=O)c2cncc(Br)c2)CCN1C. The highest BCUT2D eigenvalue weighted by atomic mass is 79.9. The van der Waals surface area contributed by atoms with Crippen LogP contribution in [0.15, 0.2) is 27.8 Å². The van der Waals surface area contributed by atoms with E-state index in [1.807, 2.05) is 7.05 Å². The van der Waals surface area contributed by atoms with E-state index in [4.69, 9.17) is 0 Å². The number of sulfonamides is 1. The van der Waals surface area contributed by atoms with E-state index < -0.39 is 10.0 Å². The van der Waals surface area contributed by atoms with E-state index in [1.165, 1.54) is 6.20 Å². The fourth-order valence-corrected chi connectivity index (χ4v) is 4.23. The van der Waals surface area contributed by atoms with E-state index in [0.717, 1.165) is 13.0 Å². The Morgan fingerprint density at radius 3 is 2.79 bits per heavy atom. The first-order valence-corrected chi connectivity index (χ1v) is 8.49. The van der Waals surface area contributed by atoms with Gasteiger partial charge in [0.25, 0.3) is 0 Å². The van der Waals surface area contributed by atoms with E-state index in [0.29, 0.717) is 17.6 Å². The van der Waals surface area contributed by atoms with Gasteiger partial charge in [-0.2, -0.15) is 4.31 Å². The van der Waals surface area contributed by atoms with Gasteiger partial charge in [0.15, 0.2) is 0 Å². The Morgan fingerprint density at radius 1 is 1.42 bits per heavy atom. The minimum atomic E-state index is -3.44. The lowest BCUT2D eigenvalue weighted by atomic mass is 10.1. The average molecular weight is 348 g/mol. The molecule has 7 heteroatoms. The molecule has 1 fully saturated rings. The number of hydrogen-bond donors (Lipinski definition) is 0. The molecule has 0 aromatic carbocycles. The molecule has 2 heterocycles. The highest BCUT2D eigenvalue weighted by Gasteiger charge is 2.32. The normalized spacial score (nSPS) is 22.6. The first-order chi connectivity index (χ1) is 8.95. The van der Waals surface area contributed by atoms with Gasteiger partial charge in [0.1, 0.15) is 4.90 Å². The monoisotopic (exact) mass is 347 g/mol. The number of hydrogen-bond acceptors (Lipinski definition) is 4. The van der Waals surface area contributed by atoms with Crippen molar-refractivity contribution in [3.8, 4) is 0 Å². The van der Waals surface area contributed by atoms with Crippen LogP contribution in [0.2, 0.25) is 0 Å². The molecule has 19 heavy (non-hydrogen) atoms. The van der Waals surface area contributed by atoms with Crippen molar-refractivity contribution in [2.75, 3.05) is 26.7 Å². The van der Waals surface area contributed by atoms with Gasteiger partial charge in [-0.3, -0.25) is 4.98 Å². The van der Waals surface area contributed by atoms with Crippen LogP contribution in [0.4, 0.5) is 0 Å². The van der Waals surface area contributed by atoms with Gasteiger partial charge in [-0.25, -0.2) is 8.42 Å². The van der Waals surface area contributed by atoms with Crippen molar-refractivity contribution >= 4 is 26.0 Å². The summed E-state index contributed by atoms with van der Waals surface area (Å²) in [5.74, 6) is 0. The highest BCUT2D eigenvalue weighted by molar-refractivity contribution is 9.10. The van der Waals surface area contributed by atoms with Crippen molar-refractivity contribution in [3.05, 3.63) is 22.9 Å². The van der Waals surface area contributed by atoms with Crippen molar-refractivity contribution in [1.82, 2.24) is 14.2 Å². The summed E-state index contributed by atoms with van der Waals surface area (Å²) in [6, 6.07) is 1.88. The van der Waals surface area contributed by atoms with Crippen molar-refractivity contribution in [2.24, 2.45) is 0 Å². The molecule has 1 aliphatic rings. The van der Waals surface area contributed by atoms with E-state index >= 15 is 0 Å². The Hall–Kier alpha value is -0.500. The second-order valence-electron chi connectivity index (χ2n) is 4.74. The van der Waals surface area contributed by atoms with Crippen LogP contribution < -0.4 is 0 Å². The Kier molecular flexibility index (Phi) is 4.60. The number of rotatable bonds is 3. The van der Waals surface area contributed by atoms with Gasteiger partial charge in [-0.05, 0) is 35.5 Å². The van der Waals surface area contributed by atoms with E-state index in [9.17, 15) is 8.42 Å². The van der Waals surface area contributed by atoms with Crippen LogP contribution in [-0.2, 0) is 10.0 Å². The van der Waals surface area contributed by atoms with E-state index in [1.54, 1.807) is 16.6 Å². The Bertz CT molecular complexity index is 550. The maximum absolute atomic E-state index is 12.6. The molecule has 1 unspecified atom stereocenters. The zero-order chi connectivity index (χ0) is 14.0. The molecule has 2 rings (SSSR count). The maximum atomic E-state index is 12.6. The molecule has 106 valence electrons. The number of piperazine rings is 1. The molecule has 5 nitrogen and oxygen atoms in total. The van der Waals surface area contributed by atoms with Crippen LogP contribution in [0.1, 0.15) is 13.3 Å². The third kappa shape index (κ3) is 3.16. The molecule has 0 spiro atoms. The quantitative estimate of drug-likeness (QED) is 0.832. The number of likely N-dealkylation sites (N-methyl/N-ethyl adjacent to an activating group) is 1. The summed E-state index contributed by atoms with van der Waals surface area (Å²) in [6.07, 6.45) is 3.93. The summed E-state index contributed by atoms with van der Waals surface area (Å²) >= 11 is 3.26. The molecular weight excluding hydrogens is 330 g/mol. The minimum absolute atomic E-state index is 0.251. The number of pyridine rings is 1. The van der Waals surface area contributed by atoms with Gasteiger partial charge in [0.2, 0.25) is 10.0 Å².